The summed E-state index contributed by atoms with van der Waals surface area (Å²) in [7, 11) is 0. The molecule has 162 valence electrons. The lowest BCUT2D eigenvalue weighted by molar-refractivity contribution is -0.385. The summed E-state index contributed by atoms with van der Waals surface area (Å²) in [6.07, 6.45) is 0.792. The van der Waals surface area contributed by atoms with Crippen molar-refractivity contribution in [2.24, 2.45) is 0 Å². The number of hydrogen-bond donors (Lipinski definition) is 2. The van der Waals surface area contributed by atoms with E-state index in [4.69, 9.17) is 4.74 Å². The van der Waals surface area contributed by atoms with Gasteiger partial charge in [-0.15, -0.1) is 0 Å². The number of benzene rings is 1. The van der Waals surface area contributed by atoms with Crippen LogP contribution in [0.5, 0.6) is 0 Å². The molecule has 1 aromatic carbocycles. The summed E-state index contributed by atoms with van der Waals surface area (Å²) >= 11 is 0. The Labute approximate surface area is 177 Å². The number of carbonyl (C=O) groups excluding carboxylic acids is 3. The fraction of sp³-hybridized carbons (Fsp3) is 0.300. The lowest BCUT2D eigenvalue weighted by Gasteiger charge is -2.27. The third kappa shape index (κ3) is 4.77. The maximum atomic E-state index is 13.3. The predicted octanol–water partition coefficient (Wildman–Crippen LogP) is 2.73. The van der Waals surface area contributed by atoms with Crippen LogP contribution in [0, 0.1) is 10.1 Å². The Morgan fingerprint density at radius 3 is 2.68 bits per heavy atom. The average molecular weight is 427 g/mol. The van der Waals surface area contributed by atoms with E-state index in [1.54, 1.807) is 26.8 Å². The lowest BCUT2D eigenvalue weighted by Crippen LogP contribution is -2.42. The Balaban J connectivity index is 1.96. The molecule has 31 heavy (non-hydrogen) atoms. The van der Waals surface area contributed by atoms with Crippen LogP contribution in [0.25, 0.3) is 0 Å². The van der Waals surface area contributed by atoms with Crippen molar-refractivity contribution in [2.75, 3.05) is 23.3 Å². The van der Waals surface area contributed by atoms with Crippen molar-refractivity contribution in [3.05, 3.63) is 57.8 Å². The van der Waals surface area contributed by atoms with Crippen molar-refractivity contribution in [3.8, 4) is 0 Å². The van der Waals surface area contributed by atoms with Crippen LogP contribution in [0.1, 0.15) is 41.5 Å². The molecule has 1 aliphatic rings. The molecular formula is C20H21N5O6. The molecule has 0 atom stereocenters. The normalized spacial score (nSPS) is 13.3. The Bertz CT molecular complexity index is 1060. The van der Waals surface area contributed by atoms with E-state index in [0.29, 0.717) is 0 Å². The molecule has 2 aromatic rings. The van der Waals surface area contributed by atoms with Crippen molar-refractivity contribution in [3.63, 3.8) is 0 Å². The van der Waals surface area contributed by atoms with E-state index in [0.717, 1.165) is 6.07 Å². The van der Waals surface area contributed by atoms with Crippen LogP contribution < -0.4 is 15.5 Å². The SMILES string of the molecule is CC(C)(C)OC(=O)NCCN1C(=O)c2cccc([N+](=O)[O-])c2C(=O)Nc2cccnc21. The molecule has 3 rings (SSSR count). The van der Waals surface area contributed by atoms with Gasteiger partial charge in [-0.2, -0.15) is 0 Å². The summed E-state index contributed by atoms with van der Waals surface area (Å²) in [6, 6.07) is 6.92. The number of nitrogens with zero attached hydrogens (tertiary/aromatic N) is 3. The van der Waals surface area contributed by atoms with Gasteiger partial charge < -0.3 is 15.4 Å². The quantitative estimate of drug-likeness (QED) is 0.564. The number of alkyl carbamates (subject to hydrolysis) is 1. The molecule has 1 aromatic heterocycles. The molecule has 2 N–H and O–H groups in total. The predicted molar refractivity (Wildman–Crippen MR) is 111 cm³/mol. The Morgan fingerprint density at radius 1 is 1.26 bits per heavy atom. The number of nitro benzene ring substituents is 1. The minimum Gasteiger partial charge on any atom is -0.444 e. The highest BCUT2D eigenvalue weighted by Crippen LogP contribution is 2.32. The van der Waals surface area contributed by atoms with Crippen molar-refractivity contribution in [2.45, 2.75) is 26.4 Å². The lowest BCUT2D eigenvalue weighted by atomic mass is 10.0. The van der Waals surface area contributed by atoms with Crippen LogP contribution in [0.3, 0.4) is 0 Å². The Hall–Kier alpha value is -4.02. The molecule has 0 unspecified atom stereocenters. The Morgan fingerprint density at radius 2 is 2.00 bits per heavy atom. The largest absolute Gasteiger partial charge is 0.444 e. The highest BCUT2D eigenvalue weighted by molar-refractivity contribution is 6.21. The number of nitrogens with one attached hydrogen (secondary N) is 2. The minimum atomic E-state index is -0.781. The van der Waals surface area contributed by atoms with Crippen LogP contribution in [-0.4, -0.2) is 46.5 Å². The fourth-order valence-corrected chi connectivity index (χ4v) is 3.04. The molecule has 0 bridgehead atoms. The van der Waals surface area contributed by atoms with Gasteiger partial charge in [0.05, 0.1) is 16.2 Å². The van der Waals surface area contributed by atoms with Crippen LogP contribution in [-0.2, 0) is 4.74 Å². The van der Waals surface area contributed by atoms with Gasteiger partial charge in [0.25, 0.3) is 17.5 Å². The van der Waals surface area contributed by atoms with E-state index in [-0.39, 0.29) is 35.7 Å². The maximum Gasteiger partial charge on any atom is 0.407 e. The van der Waals surface area contributed by atoms with Gasteiger partial charge in [0.2, 0.25) is 0 Å². The summed E-state index contributed by atoms with van der Waals surface area (Å²) in [4.78, 5) is 54.1. The van der Waals surface area contributed by atoms with Crippen LogP contribution in [0.15, 0.2) is 36.5 Å². The van der Waals surface area contributed by atoms with E-state index in [1.165, 1.54) is 29.3 Å². The highest BCUT2D eigenvalue weighted by atomic mass is 16.6. The number of amides is 3. The number of pyridine rings is 1. The first-order chi connectivity index (χ1) is 14.6. The first-order valence-corrected chi connectivity index (χ1v) is 9.41. The van der Waals surface area contributed by atoms with Crippen LogP contribution >= 0.6 is 0 Å². The van der Waals surface area contributed by atoms with Gasteiger partial charge in [0.1, 0.15) is 11.2 Å². The molecule has 0 aliphatic carbocycles. The molecule has 0 radical (unpaired) electrons. The summed E-state index contributed by atoms with van der Waals surface area (Å²) in [5.41, 5.74) is -1.43. The van der Waals surface area contributed by atoms with Gasteiger partial charge in [-0.3, -0.25) is 24.6 Å². The van der Waals surface area contributed by atoms with Gasteiger partial charge in [0, 0.05) is 25.4 Å². The summed E-state index contributed by atoms with van der Waals surface area (Å²) in [6.45, 7) is 5.18. The van der Waals surface area contributed by atoms with E-state index >= 15 is 0 Å². The highest BCUT2D eigenvalue weighted by Gasteiger charge is 2.34. The molecular weight excluding hydrogens is 406 g/mol. The topological polar surface area (TPSA) is 144 Å². The molecule has 1 aliphatic heterocycles. The number of anilines is 2. The third-order valence-corrected chi connectivity index (χ3v) is 4.24. The molecule has 2 heterocycles. The molecule has 0 saturated carbocycles. The van der Waals surface area contributed by atoms with E-state index in [9.17, 15) is 24.5 Å². The molecule has 3 amide bonds. The smallest absolute Gasteiger partial charge is 0.407 e. The molecule has 11 heteroatoms. The van der Waals surface area contributed by atoms with Crippen molar-refractivity contribution < 1.29 is 24.0 Å². The second kappa shape index (κ2) is 8.38. The zero-order valence-corrected chi connectivity index (χ0v) is 17.2. The van der Waals surface area contributed by atoms with Gasteiger partial charge in [-0.25, -0.2) is 9.78 Å². The van der Waals surface area contributed by atoms with Gasteiger partial charge in [-0.1, -0.05) is 6.07 Å². The number of nitro groups is 1. The number of fused-ring (bicyclic) bond motifs is 2. The number of carbonyl (C=O) groups is 3. The fourth-order valence-electron chi connectivity index (χ4n) is 3.04. The second-order valence-corrected chi connectivity index (χ2v) is 7.67. The summed E-state index contributed by atoms with van der Waals surface area (Å²) in [5.74, 6) is -1.28. The minimum absolute atomic E-state index is 0.0138. The Kier molecular flexibility index (Phi) is 5.86. The van der Waals surface area contributed by atoms with E-state index < -0.39 is 34.1 Å². The number of rotatable bonds is 4. The second-order valence-electron chi connectivity index (χ2n) is 7.67. The maximum absolute atomic E-state index is 13.3. The molecule has 0 saturated heterocycles. The van der Waals surface area contributed by atoms with Gasteiger partial charge in [-0.05, 0) is 39.0 Å². The van der Waals surface area contributed by atoms with Crippen LogP contribution in [0.2, 0.25) is 0 Å². The molecule has 11 nitrogen and oxygen atoms in total. The van der Waals surface area contributed by atoms with Crippen molar-refractivity contribution >= 4 is 35.1 Å². The summed E-state index contributed by atoms with van der Waals surface area (Å²) < 4.78 is 5.18. The van der Waals surface area contributed by atoms with E-state index in [2.05, 4.69) is 15.6 Å². The number of aromatic nitrogens is 1. The monoisotopic (exact) mass is 427 g/mol. The van der Waals surface area contributed by atoms with Crippen molar-refractivity contribution in [1.29, 1.82) is 0 Å². The third-order valence-electron chi connectivity index (χ3n) is 4.24. The first-order valence-electron chi connectivity index (χ1n) is 9.41. The first kappa shape index (κ1) is 21.7. The summed E-state index contributed by atoms with van der Waals surface area (Å²) in [5, 5.41) is 16.6. The number of hydrogen-bond acceptors (Lipinski definition) is 7. The molecule has 0 fully saturated rings. The van der Waals surface area contributed by atoms with E-state index in [1.807, 2.05) is 0 Å². The standard InChI is InChI=1S/C20H21N5O6/c1-20(2,3)31-19(28)22-10-11-24-16-13(7-5-9-21-16)23-17(26)15-12(18(24)27)6-4-8-14(15)25(29)30/h4-9H,10-11H2,1-3H3,(H,22,28)(H,23,26). The average Bonchev–Trinajstić information content (AvgIpc) is 2.68. The van der Waals surface area contributed by atoms with Crippen LogP contribution in [0.4, 0.5) is 22.0 Å². The van der Waals surface area contributed by atoms with Gasteiger partial charge in [0.15, 0.2) is 5.82 Å². The molecule has 0 spiro atoms. The zero-order valence-electron chi connectivity index (χ0n) is 17.2. The number of ether oxygens (including phenoxy) is 1. The zero-order chi connectivity index (χ0) is 22.8. The van der Waals surface area contributed by atoms with Crippen molar-refractivity contribution in [1.82, 2.24) is 10.3 Å². The van der Waals surface area contributed by atoms with Gasteiger partial charge >= 0.3 is 6.09 Å².